The van der Waals surface area contributed by atoms with Crippen LogP contribution in [0, 0.1) is 17.2 Å². The maximum atomic E-state index is 8.71. The molecule has 1 fully saturated rings. The van der Waals surface area contributed by atoms with Gasteiger partial charge in [-0.1, -0.05) is 0 Å². The Morgan fingerprint density at radius 2 is 2.06 bits per heavy atom. The normalized spacial score (nSPS) is 14.2. The van der Waals surface area contributed by atoms with E-state index in [1.54, 1.807) is 30.5 Å². The standard InChI is InChI=1S/C14H13N3O/c15-7-11-3-5-13(6-4-11)18-14-8-16-17(10-14)9-12-1-2-12/h3-6,8,10,12H,1-2,9H2. The number of ether oxygens (including phenoxy) is 1. The highest BCUT2D eigenvalue weighted by atomic mass is 16.5. The molecule has 0 spiro atoms. The van der Waals surface area contributed by atoms with Crippen LogP contribution in [0.3, 0.4) is 0 Å². The third kappa shape index (κ3) is 2.51. The minimum absolute atomic E-state index is 0.631. The molecular formula is C14H13N3O. The summed E-state index contributed by atoms with van der Waals surface area (Å²) in [7, 11) is 0. The molecule has 1 saturated carbocycles. The van der Waals surface area contributed by atoms with Gasteiger partial charge in [-0.15, -0.1) is 0 Å². The molecule has 0 amide bonds. The van der Waals surface area contributed by atoms with Crippen LogP contribution in [0.5, 0.6) is 11.5 Å². The Morgan fingerprint density at radius 1 is 1.28 bits per heavy atom. The Bertz CT molecular complexity index is 576. The minimum Gasteiger partial charge on any atom is -0.454 e. The van der Waals surface area contributed by atoms with Crippen molar-refractivity contribution in [1.29, 1.82) is 5.26 Å². The van der Waals surface area contributed by atoms with Crippen molar-refractivity contribution in [2.75, 3.05) is 0 Å². The quantitative estimate of drug-likeness (QED) is 0.824. The van der Waals surface area contributed by atoms with Crippen molar-refractivity contribution >= 4 is 0 Å². The Labute approximate surface area is 105 Å². The molecule has 0 aliphatic heterocycles. The molecule has 3 rings (SSSR count). The van der Waals surface area contributed by atoms with Crippen molar-refractivity contribution in [3.63, 3.8) is 0 Å². The minimum atomic E-state index is 0.631. The van der Waals surface area contributed by atoms with Crippen LogP contribution >= 0.6 is 0 Å². The summed E-state index contributed by atoms with van der Waals surface area (Å²) in [6.45, 7) is 0.983. The summed E-state index contributed by atoms with van der Waals surface area (Å²) in [4.78, 5) is 0. The van der Waals surface area contributed by atoms with E-state index in [9.17, 15) is 0 Å². The topological polar surface area (TPSA) is 50.8 Å². The molecule has 0 bridgehead atoms. The molecule has 0 N–H and O–H groups in total. The van der Waals surface area contributed by atoms with Gasteiger partial charge in [0.1, 0.15) is 5.75 Å². The van der Waals surface area contributed by atoms with Crippen LogP contribution in [0.2, 0.25) is 0 Å². The van der Waals surface area contributed by atoms with E-state index in [1.165, 1.54) is 12.8 Å². The van der Waals surface area contributed by atoms with Gasteiger partial charge in [0.25, 0.3) is 0 Å². The van der Waals surface area contributed by atoms with Crippen LogP contribution in [0.15, 0.2) is 36.7 Å². The molecule has 2 aromatic rings. The lowest BCUT2D eigenvalue weighted by molar-refractivity contribution is 0.479. The number of nitrogens with zero attached hydrogens (tertiary/aromatic N) is 3. The molecule has 4 nitrogen and oxygen atoms in total. The lowest BCUT2D eigenvalue weighted by Crippen LogP contribution is -1.98. The highest BCUT2D eigenvalue weighted by molar-refractivity contribution is 5.36. The Balaban J connectivity index is 1.67. The van der Waals surface area contributed by atoms with E-state index in [2.05, 4.69) is 11.2 Å². The molecule has 1 heterocycles. The van der Waals surface area contributed by atoms with Crippen molar-refractivity contribution in [3.8, 4) is 17.6 Å². The fourth-order valence-electron chi connectivity index (χ4n) is 1.80. The van der Waals surface area contributed by atoms with Crippen molar-refractivity contribution in [1.82, 2.24) is 9.78 Å². The Morgan fingerprint density at radius 3 is 2.72 bits per heavy atom. The summed E-state index contributed by atoms with van der Waals surface area (Å²) in [5.41, 5.74) is 0.631. The van der Waals surface area contributed by atoms with E-state index in [1.807, 2.05) is 10.9 Å². The third-order valence-electron chi connectivity index (χ3n) is 2.97. The number of rotatable bonds is 4. The summed E-state index contributed by atoms with van der Waals surface area (Å²) in [5.74, 6) is 2.26. The second-order valence-corrected chi connectivity index (χ2v) is 4.58. The van der Waals surface area contributed by atoms with Crippen molar-refractivity contribution in [3.05, 3.63) is 42.2 Å². The van der Waals surface area contributed by atoms with E-state index in [-0.39, 0.29) is 0 Å². The summed E-state index contributed by atoms with van der Waals surface area (Å²) < 4.78 is 7.59. The number of nitriles is 1. The molecular weight excluding hydrogens is 226 g/mol. The molecule has 18 heavy (non-hydrogen) atoms. The largest absolute Gasteiger partial charge is 0.454 e. The van der Waals surface area contributed by atoms with Crippen LogP contribution in [-0.4, -0.2) is 9.78 Å². The summed E-state index contributed by atoms with van der Waals surface area (Å²) in [6.07, 6.45) is 6.26. The molecule has 1 aliphatic rings. The second-order valence-electron chi connectivity index (χ2n) is 4.58. The number of aromatic nitrogens is 2. The summed E-state index contributed by atoms with van der Waals surface area (Å²) in [6, 6.07) is 9.14. The van der Waals surface area contributed by atoms with Gasteiger partial charge in [0, 0.05) is 6.54 Å². The van der Waals surface area contributed by atoms with E-state index in [0.29, 0.717) is 5.56 Å². The molecule has 0 saturated heterocycles. The molecule has 0 radical (unpaired) electrons. The predicted molar refractivity (Wildman–Crippen MR) is 66.2 cm³/mol. The van der Waals surface area contributed by atoms with Gasteiger partial charge in [0.05, 0.1) is 24.0 Å². The average Bonchev–Trinajstić information content (AvgIpc) is 3.10. The van der Waals surface area contributed by atoms with Gasteiger partial charge in [-0.2, -0.15) is 10.4 Å². The predicted octanol–water partition coefficient (Wildman–Crippen LogP) is 2.96. The lowest BCUT2D eigenvalue weighted by Gasteiger charge is -2.02. The zero-order valence-corrected chi connectivity index (χ0v) is 9.91. The zero-order chi connectivity index (χ0) is 12.4. The molecule has 1 aromatic carbocycles. The monoisotopic (exact) mass is 239 g/mol. The first-order valence-corrected chi connectivity index (χ1v) is 6.04. The highest BCUT2D eigenvalue weighted by Gasteiger charge is 2.22. The van der Waals surface area contributed by atoms with E-state index in [4.69, 9.17) is 10.00 Å². The summed E-state index contributed by atoms with van der Waals surface area (Å²) >= 11 is 0. The van der Waals surface area contributed by atoms with Crippen molar-refractivity contribution in [2.24, 2.45) is 5.92 Å². The fourth-order valence-corrected chi connectivity index (χ4v) is 1.80. The molecule has 1 aromatic heterocycles. The first-order valence-electron chi connectivity index (χ1n) is 6.04. The maximum absolute atomic E-state index is 8.71. The third-order valence-corrected chi connectivity index (χ3v) is 2.97. The van der Waals surface area contributed by atoms with Crippen LogP contribution in [-0.2, 0) is 6.54 Å². The average molecular weight is 239 g/mol. The van der Waals surface area contributed by atoms with Gasteiger partial charge in [0.15, 0.2) is 5.75 Å². The first-order chi connectivity index (χ1) is 8.83. The van der Waals surface area contributed by atoms with Crippen LogP contribution in [0.1, 0.15) is 18.4 Å². The Kier molecular flexibility index (Phi) is 2.73. The molecule has 90 valence electrons. The zero-order valence-electron chi connectivity index (χ0n) is 9.91. The second kappa shape index (κ2) is 4.53. The molecule has 4 heteroatoms. The summed E-state index contributed by atoms with van der Waals surface area (Å²) in [5, 5.41) is 13.0. The van der Waals surface area contributed by atoms with Crippen LogP contribution < -0.4 is 4.74 Å². The van der Waals surface area contributed by atoms with E-state index < -0.39 is 0 Å². The fraction of sp³-hybridized carbons (Fsp3) is 0.286. The smallest absolute Gasteiger partial charge is 0.165 e. The number of benzene rings is 1. The van der Waals surface area contributed by atoms with Gasteiger partial charge >= 0.3 is 0 Å². The van der Waals surface area contributed by atoms with Crippen LogP contribution in [0.4, 0.5) is 0 Å². The number of hydrogen-bond acceptors (Lipinski definition) is 3. The lowest BCUT2D eigenvalue weighted by atomic mass is 10.2. The van der Waals surface area contributed by atoms with Crippen molar-refractivity contribution in [2.45, 2.75) is 19.4 Å². The SMILES string of the molecule is N#Cc1ccc(Oc2cnn(CC3CC3)c2)cc1. The Hall–Kier alpha value is -2.28. The van der Waals surface area contributed by atoms with E-state index >= 15 is 0 Å². The molecule has 1 aliphatic carbocycles. The van der Waals surface area contributed by atoms with Crippen molar-refractivity contribution < 1.29 is 4.74 Å². The van der Waals surface area contributed by atoms with Gasteiger partial charge in [-0.05, 0) is 43.0 Å². The first kappa shape index (κ1) is 10.8. The number of hydrogen-bond donors (Lipinski definition) is 0. The molecule has 0 unspecified atom stereocenters. The molecule has 0 atom stereocenters. The van der Waals surface area contributed by atoms with Crippen LogP contribution in [0.25, 0.3) is 0 Å². The van der Waals surface area contributed by atoms with Gasteiger partial charge in [-0.3, -0.25) is 4.68 Å². The van der Waals surface area contributed by atoms with Gasteiger partial charge in [-0.25, -0.2) is 0 Å². The highest BCUT2D eigenvalue weighted by Crippen LogP contribution is 2.31. The van der Waals surface area contributed by atoms with Gasteiger partial charge < -0.3 is 4.74 Å². The van der Waals surface area contributed by atoms with E-state index in [0.717, 1.165) is 24.0 Å². The maximum Gasteiger partial charge on any atom is 0.165 e. The van der Waals surface area contributed by atoms with Gasteiger partial charge in [0.2, 0.25) is 0 Å².